The van der Waals surface area contributed by atoms with Crippen molar-refractivity contribution in [2.24, 2.45) is 4.99 Å². The van der Waals surface area contributed by atoms with Gasteiger partial charge < -0.3 is 19.1 Å². The second-order valence-corrected chi connectivity index (χ2v) is 6.59. The van der Waals surface area contributed by atoms with E-state index in [1.807, 2.05) is 13.8 Å². The molecule has 0 fully saturated rings. The molecule has 1 heterocycles. The van der Waals surface area contributed by atoms with Crippen molar-refractivity contribution in [3.05, 3.63) is 23.8 Å². The highest BCUT2D eigenvalue weighted by Crippen LogP contribution is 2.32. The highest BCUT2D eigenvalue weighted by atomic mass is 16.7. The molecule has 2 N–H and O–H groups in total. The van der Waals surface area contributed by atoms with Crippen molar-refractivity contribution < 1.29 is 23.9 Å². The predicted octanol–water partition coefficient (Wildman–Crippen LogP) is 1.63. The maximum absolute atomic E-state index is 12.5. The number of nitrogens with one attached hydrogen (secondary N) is 2. The number of nitrogens with zero attached hydrogens (tertiary/aromatic N) is 1. The first-order valence-electron chi connectivity index (χ1n) is 9.82. The smallest absolute Gasteiger partial charge is 0.291 e. The molecule has 7 nitrogen and oxygen atoms in total. The Kier molecular flexibility index (Phi) is 8.39. The summed E-state index contributed by atoms with van der Waals surface area (Å²) < 4.78 is 16.1. The highest BCUT2D eigenvalue weighted by molar-refractivity contribution is 6.04. The van der Waals surface area contributed by atoms with Crippen LogP contribution in [-0.2, 0) is 4.74 Å². The number of fused-ring (bicyclic) bond motifs is 1. The minimum atomic E-state index is -0.278. The molecule has 1 atom stereocenters. The first-order valence-corrected chi connectivity index (χ1v) is 9.82. The molecular formula is C20H32N3O4+. The normalized spacial score (nSPS) is 14.3. The molecule has 1 aromatic carbocycles. The van der Waals surface area contributed by atoms with Gasteiger partial charge in [-0.05, 0) is 58.7 Å². The zero-order chi connectivity index (χ0) is 19.6. The molecule has 2 rings (SSSR count). The molecule has 0 unspecified atom stereocenters. The number of carbonyl (C=O) groups excluding carboxylic acids is 1. The van der Waals surface area contributed by atoms with E-state index in [1.165, 1.54) is 0 Å². The number of hydrogen-bond acceptors (Lipinski definition) is 5. The lowest BCUT2D eigenvalue weighted by Gasteiger charge is -2.16. The van der Waals surface area contributed by atoms with Crippen molar-refractivity contribution in [3.8, 4) is 11.5 Å². The Labute approximate surface area is 161 Å². The molecule has 0 spiro atoms. The third-order valence-corrected chi connectivity index (χ3v) is 4.63. The van der Waals surface area contributed by atoms with Gasteiger partial charge in [0.1, 0.15) is 0 Å². The third kappa shape index (κ3) is 6.43. The van der Waals surface area contributed by atoms with E-state index in [1.54, 1.807) is 23.1 Å². The van der Waals surface area contributed by atoms with Crippen LogP contribution in [0.2, 0.25) is 0 Å². The summed E-state index contributed by atoms with van der Waals surface area (Å²) in [6.07, 6.45) is 2.05. The van der Waals surface area contributed by atoms with Crippen LogP contribution < -0.4 is 19.7 Å². The van der Waals surface area contributed by atoms with E-state index in [0.29, 0.717) is 23.7 Å². The Morgan fingerprint density at radius 1 is 1.26 bits per heavy atom. The fourth-order valence-corrected chi connectivity index (χ4v) is 2.97. The van der Waals surface area contributed by atoms with E-state index >= 15 is 0 Å². The van der Waals surface area contributed by atoms with Gasteiger partial charge in [-0.25, -0.2) is 4.99 Å². The van der Waals surface area contributed by atoms with Gasteiger partial charge in [-0.3, -0.25) is 10.1 Å². The van der Waals surface area contributed by atoms with Gasteiger partial charge in [0.05, 0.1) is 32.3 Å². The van der Waals surface area contributed by atoms with Crippen LogP contribution in [0.5, 0.6) is 11.5 Å². The standard InChI is InChI=1S/C20H31N3O4/c1-5-23(6-2)12-8-9-15(4)21-20(25-7-3)22-19(24)16-10-11-17-18(13-16)27-14-26-17/h10-11,13,15H,5-9,12,14H2,1-4H3,(H,21,22,24)/p+1/t15-/m0/s1. The Morgan fingerprint density at radius 3 is 2.70 bits per heavy atom. The van der Waals surface area contributed by atoms with Crippen molar-refractivity contribution in [2.75, 3.05) is 33.0 Å². The maximum Gasteiger partial charge on any atom is 0.291 e. The summed E-state index contributed by atoms with van der Waals surface area (Å²) in [5.41, 5.74) is 0.476. The van der Waals surface area contributed by atoms with E-state index in [0.717, 1.165) is 32.5 Å². The largest absolute Gasteiger partial charge is 0.465 e. The number of quaternary nitrogens is 1. The number of rotatable bonds is 9. The van der Waals surface area contributed by atoms with E-state index in [-0.39, 0.29) is 24.8 Å². The number of amides is 1. The van der Waals surface area contributed by atoms with Crippen LogP contribution in [0.1, 0.15) is 50.9 Å². The Balaban J connectivity index is 1.93. The average Bonchev–Trinajstić information content (AvgIpc) is 3.13. The van der Waals surface area contributed by atoms with E-state index < -0.39 is 0 Å². The van der Waals surface area contributed by atoms with E-state index in [2.05, 4.69) is 24.2 Å². The number of ether oxygens (including phenoxy) is 3. The van der Waals surface area contributed by atoms with Gasteiger partial charge in [0.15, 0.2) is 11.5 Å². The first kappa shape index (κ1) is 21.0. The summed E-state index contributed by atoms with van der Waals surface area (Å²) >= 11 is 0. The van der Waals surface area contributed by atoms with Gasteiger partial charge >= 0.3 is 0 Å². The van der Waals surface area contributed by atoms with Crippen molar-refractivity contribution in [1.82, 2.24) is 5.32 Å². The molecule has 1 aromatic rings. The molecule has 27 heavy (non-hydrogen) atoms. The fourth-order valence-electron chi connectivity index (χ4n) is 2.97. The van der Waals surface area contributed by atoms with E-state index in [9.17, 15) is 4.79 Å². The Hall–Kier alpha value is -2.28. The van der Waals surface area contributed by atoms with Gasteiger partial charge in [-0.1, -0.05) is 0 Å². The SMILES string of the molecule is CCOC(=N[C@@H](C)CCC[NH+](CC)CC)NC(=O)c1ccc2c(c1)OCO2. The molecule has 1 aliphatic rings. The van der Waals surface area contributed by atoms with Crippen molar-refractivity contribution in [3.63, 3.8) is 0 Å². The van der Waals surface area contributed by atoms with Crippen LogP contribution in [0.15, 0.2) is 23.2 Å². The highest BCUT2D eigenvalue weighted by Gasteiger charge is 2.18. The molecule has 0 aromatic heterocycles. The van der Waals surface area contributed by atoms with Crippen LogP contribution in [0, 0.1) is 0 Å². The second-order valence-electron chi connectivity index (χ2n) is 6.59. The lowest BCUT2D eigenvalue weighted by Crippen LogP contribution is -3.11. The van der Waals surface area contributed by atoms with Crippen molar-refractivity contribution >= 4 is 11.9 Å². The zero-order valence-corrected chi connectivity index (χ0v) is 16.8. The molecule has 1 amide bonds. The average molecular weight is 378 g/mol. The molecule has 0 bridgehead atoms. The van der Waals surface area contributed by atoms with Crippen LogP contribution >= 0.6 is 0 Å². The zero-order valence-electron chi connectivity index (χ0n) is 16.8. The van der Waals surface area contributed by atoms with Crippen LogP contribution in [0.25, 0.3) is 0 Å². The number of hydrogen-bond donors (Lipinski definition) is 2. The molecule has 150 valence electrons. The molecule has 0 saturated carbocycles. The second kappa shape index (κ2) is 10.8. The van der Waals surface area contributed by atoms with Gasteiger partial charge in [0.25, 0.3) is 11.9 Å². The van der Waals surface area contributed by atoms with Crippen molar-refractivity contribution in [1.29, 1.82) is 0 Å². The number of aliphatic imine (C=N–C) groups is 1. The van der Waals surface area contributed by atoms with Gasteiger partial charge in [0.2, 0.25) is 6.79 Å². The monoisotopic (exact) mass is 378 g/mol. The summed E-state index contributed by atoms with van der Waals surface area (Å²) in [4.78, 5) is 18.7. The molecule has 0 aliphatic carbocycles. The molecule has 7 heteroatoms. The Bertz CT molecular complexity index is 644. The number of amidine groups is 1. The van der Waals surface area contributed by atoms with Crippen molar-refractivity contribution in [2.45, 2.75) is 46.6 Å². The minimum absolute atomic E-state index is 0.0820. The predicted molar refractivity (Wildman–Crippen MR) is 105 cm³/mol. The third-order valence-electron chi connectivity index (χ3n) is 4.63. The molecule has 0 radical (unpaired) electrons. The Morgan fingerprint density at radius 2 is 2.00 bits per heavy atom. The van der Waals surface area contributed by atoms with Gasteiger partial charge in [0, 0.05) is 5.56 Å². The summed E-state index contributed by atoms with van der Waals surface area (Å²) in [6.45, 7) is 12.4. The summed E-state index contributed by atoms with van der Waals surface area (Å²) in [5, 5.41) is 2.77. The van der Waals surface area contributed by atoms with Crippen LogP contribution in [0.3, 0.4) is 0 Å². The van der Waals surface area contributed by atoms with Crippen LogP contribution in [-0.4, -0.2) is 51.0 Å². The summed E-state index contributed by atoms with van der Waals surface area (Å²) in [7, 11) is 0. The quantitative estimate of drug-likeness (QED) is 0.506. The van der Waals surface area contributed by atoms with Gasteiger partial charge in [-0.15, -0.1) is 0 Å². The molecule has 1 aliphatic heterocycles. The van der Waals surface area contributed by atoms with Crippen LogP contribution in [0.4, 0.5) is 0 Å². The molecule has 0 saturated heterocycles. The van der Waals surface area contributed by atoms with E-state index in [4.69, 9.17) is 14.2 Å². The minimum Gasteiger partial charge on any atom is -0.465 e. The fraction of sp³-hybridized carbons (Fsp3) is 0.600. The van der Waals surface area contributed by atoms with Gasteiger partial charge in [-0.2, -0.15) is 0 Å². The first-order chi connectivity index (χ1) is 13.1. The number of benzene rings is 1. The maximum atomic E-state index is 12.5. The lowest BCUT2D eigenvalue weighted by atomic mass is 10.2. The topological polar surface area (TPSA) is 73.6 Å². The summed E-state index contributed by atoms with van der Waals surface area (Å²) in [5.74, 6) is 0.944. The number of carbonyl (C=O) groups is 1. The summed E-state index contributed by atoms with van der Waals surface area (Å²) in [6, 6.07) is 5.44. The molecular weight excluding hydrogens is 346 g/mol. The lowest BCUT2D eigenvalue weighted by molar-refractivity contribution is -0.896.